The van der Waals surface area contributed by atoms with Crippen molar-refractivity contribution in [3.63, 3.8) is 0 Å². The molecule has 1 aliphatic rings. The molecule has 20 heavy (non-hydrogen) atoms. The van der Waals surface area contributed by atoms with Crippen LogP contribution in [0.2, 0.25) is 0 Å². The maximum atomic E-state index is 5.98. The summed E-state index contributed by atoms with van der Waals surface area (Å²) in [6, 6.07) is 9.59. The molecule has 0 aromatic heterocycles. The highest BCUT2D eigenvalue weighted by atomic mass is 15.1. The predicted molar refractivity (Wildman–Crippen MR) is 87.1 cm³/mol. The molecule has 0 bridgehead atoms. The second kappa shape index (κ2) is 6.15. The van der Waals surface area contributed by atoms with Gasteiger partial charge in [-0.1, -0.05) is 26.0 Å². The van der Waals surface area contributed by atoms with Crippen LogP contribution in [-0.2, 0) is 0 Å². The van der Waals surface area contributed by atoms with E-state index in [1.165, 1.54) is 30.5 Å². The molecule has 1 aromatic rings. The van der Waals surface area contributed by atoms with Crippen LogP contribution in [0.25, 0.3) is 0 Å². The number of nitrogens with two attached hydrogens (primary N) is 1. The van der Waals surface area contributed by atoms with Gasteiger partial charge in [-0.2, -0.15) is 0 Å². The minimum absolute atomic E-state index is 0.269. The summed E-state index contributed by atoms with van der Waals surface area (Å²) in [4.78, 5) is 2.12. The number of nitrogens with zero attached hydrogens (tertiary/aromatic N) is 1. The lowest BCUT2D eigenvalue weighted by Gasteiger charge is -2.24. The van der Waals surface area contributed by atoms with Gasteiger partial charge in [0.1, 0.15) is 0 Å². The van der Waals surface area contributed by atoms with E-state index in [4.69, 9.17) is 5.73 Å². The Morgan fingerprint density at radius 3 is 2.40 bits per heavy atom. The van der Waals surface area contributed by atoms with Crippen molar-refractivity contribution in [2.45, 2.75) is 45.2 Å². The van der Waals surface area contributed by atoms with Gasteiger partial charge >= 0.3 is 0 Å². The number of hydrogen-bond acceptors (Lipinski definition) is 3. The van der Waals surface area contributed by atoms with Crippen LogP contribution in [0, 0.1) is 5.41 Å². The molecule has 3 heteroatoms. The lowest BCUT2D eigenvalue weighted by Crippen LogP contribution is -2.35. The highest BCUT2D eigenvalue weighted by Crippen LogP contribution is 2.37. The Bertz CT molecular complexity index is 422. The molecule has 1 aromatic carbocycles. The number of hydrogen-bond donors (Lipinski definition) is 2. The van der Waals surface area contributed by atoms with Crippen LogP contribution in [0.4, 0.5) is 5.69 Å². The molecule has 1 aliphatic carbocycles. The maximum absolute atomic E-state index is 5.98. The lowest BCUT2D eigenvalue weighted by molar-refractivity contribution is 0.353. The van der Waals surface area contributed by atoms with Gasteiger partial charge in [0.05, 0.1) is 0 Å². The summed E-state index contributed by atoms with van der Waals surface area (Å²) >= 11 is 0. The Morgan fingerprint density at radius 2 is 1.95 bits per heavy atom. The zero-order valence-electron chi connectivity index (χ0n) is 13.3. The van der Waals surface area contributed by atoms with E-state index < -0.39 is 0 Å². The third-order valence-corrected chi connectivity index (χ3v) is 4.45. The van der Waals surface area contributed by atoms with E-state index in [-0.39, 0.29) is 6.04 Å². The summed E-state index contributed by atoms with van der Waals surface area (Å²) in [7, 11) is 4.13. The molecule has 0 radical (unpaired) electrons. The fraction of sp³-hybridized carbons (Fsp3) is 0.647. The van der Waals surface area contributed by atoms with E-state index in [2.05, 4.69) is 62.4 Å². The van der Waals surface area contributed by atoms with Crippen molar-refractivity contribution in [1.82, 2.24) is 5.32 Å². The smallest absolute Gasteiger partial charge is 0.0446 e. The van der Waals surface area contributed by atoms with E-state index in [0.717, 1.165) is 0 Å². The Balaban J connectivity index is 2.01. The Morgan fingerprint density at radius 1 is 1.30 bits per heavy atom. The standard InChI is InChI=1S/C17H29N3/c1-17(2)10-9-14(11-17)19-16(12-18)13-5-7-15(8-6-13)20(3)4/h5-8,14,16,19H,9-12,18H2,1-4H3. The molecular formula is C17H29N3. The molecule has 0 aliphatic heterocycles. The van der Waals surface area contributed by atoms with Gasteiger partial charge in [0, 0.05) is 38.4 Å². The van der Waals surface area contributed by atoms with Gasteiger partial charge in [-0.25, -0.2) is 0 Å². The quantitative estimate of drug-likeness (QED) is 0.868. The minimum atomic E-state index is 0.269. The fourth-order valence-electron chi connectivity index (χ4n) is 3.17. The third kappa shape index (κ3) is 3.74. The van der Waals surface area contributed by atoms with Gasteiger partial charge in [0.2, 0.25) is 0 Å². The van der Waals surface area contributed by atoms with Crippen LogP contribution >= 0.6 is 0 Å². The maximum Gasteiger partial charge on any atom is 0.0446 e. The van der Waals surface area contributed by atoms with Crippen LogP contribution in [0.1, 0.15) is 44.7 Å². The van der Waals surface area contributed by atoms with Crippen molar-refractivity contribution in [3.05, 3.63) is 29.8 Å². The van der Waals surface area contributed by atoms with E-state index in [9.17, 15) is 0 Å². The normalized spacial score (nSPS) is 22.8. The topological polar surface area (TPSA) is 41.3 Å². The van der Waals surface area contributed by atoms with E-state index in [1.807, 2.05) is 0 Å². The molecule has 2 atom stereocenters. The summed E-state index contributed by atoms with van der Waals surface area (Å²) in [5, 5.41) is 3.75. The van der Waals surface area contributed by atoms with Crippen LogP contribution in [0.5, 0.6) is 0 Å². The molecule has 3 nitrogen and oxygen atoms in total. The molecule has 0 saturated heterocycles. The highest BCUT2D eigenvalue weighted by Gasteiger charge is 2.31. The average Bonchev–Trinajstić information content (AvgIpc) is 2.75. The van der Waals surface area contributed by atoms with Crippen molar-refractivity contribution in [2.24, 2.45) is 11.1 Å². The molecule has 3 N–H and O–H groups in total. The number of rotatable bonds is 5. The van der Waals surface area contributed by atoms with Crippen molar-refractivity contribution >= 4 is 5.69 Å². The second-order valence-corrected chi connectivity index (χ2v) is 7.04. The van der Waals surface area contributed by atoms with Crippen LogP contribution in [0.15, 0.2) is 24.3 Å². The van der Waals surface area contributed by atoms with E-state index in [0.29, 0.717) is 18.0 Å². The zero-order valence-corrected chi connectivity index (χ0v) is 13.3. The summed E-state index contributed by atoms with van der Waals surface area (Å²) < 4.78 is 0. The first-order valence-corrected chi connectivity index (χ1v) is 7.65. The second-order valence-electron chi connectivity index (χ2n) is 7.04. The van der Waals surface area contributed by atoms with E-state index >= 15 is 0 Å². The summed E-state index contributed by atoms with van der Waals surface area (Å²) in [5.74, 6) is 0. The Labute approximate surface area is 123 Å². The zero-order chi connectivity index (χ0) is 14.8. The van der Waals surface area contributed by atoms with Gasteiger partial charge < -0.3 is 16.0 Å². The van der Waals surface area contributed by atoms with E-state index in [1.54, 1.807) is 0 Å². The number of nitrogens with one attached hydrogen (secondary N) is 1. The van der Waals surface area contributed by atoms with Gasteiger partial charge in [0.15, 0.2) is 0 Å². The minimum Gasteiger partial charge on any atom is -0.378 e. The summed E-state index contributed by atoms with van der Waals surface area (Å²) in [6.07, 6.45) is 3.82. The molecule has 2 rings (SSSR count). The summed E-state index contributed by atoms with van der Waals surface area (Å²) in [6.45, 7) is 5.37. The Kier molecular flexibility index (Phi) is 4.71. The first kappa shape index (κ1) is 15.3. The molecule has 2 unspecified atom stereocenters. The molecule has 1 fully saturated rings. The molecular weight excluding hydrogens is 246 g/mol. The molecule has 0 amide bonds. The lowest BCUT2D eigenvalue weighted by atomic mass is 9.91. The fourth-order valence-corrected chi connectivity index (χ4v) is 3.17. The number of anilines is 1. The third-order valence-electron chi connectivity index (χ3n) is 4.45. The molecule has 112 valence electrons. The first-order chi connectivity index (χ1) is 9.41. The van der Waals surface area contributed by atoms with Crippen LogP contribution < -0.4 is 16.0 Å². The molecule has 0 heterocycles. The van der Waals surface area contributed by atoms with Gasteiger partial charge in [-0.3, -0.25) is 0 Å². The molecule has 1 saturated carbocycles. The monoisotopic (exact) mass is 275 g/mol. The van der Waals surface area contributed by atoms with Gasteiger partial charge in [-0.05, 0) is 42.4 Å². The Hall–Kier alpha value is -1.06. The summed E-state index contributed by atoms with van der Waals surface area (Å²) in [5.41, 5.74) is 8.98. The van der Waals surface area contributed by atoms with Crippen LogP contribution in [0.3, 0.4) is 0 Å². The van der Waals surface area contributed by atoms with Crippen molar-refractivity contribution < 1.29 is 0 Å². The van der Waals surface area contributed by atoms with Gasteiger partial charge in [0.25, 0.3) is 0 Å². The molecule has 0 spiro atoms. The van der Waals surface area contributed by atoms with Crippen molar-refractivity contribution in [3.8, 4) is 0 Å². The highest BCUT2D eigenvalue weighted by molar-refractivity contribution is 5.46. The van der Waals surface area contributed by atoms with Crippen LogP contribution in [-0.4, -0.2) is 26.7 Å². The predicted octanol–water partition coefficient (Wildman–Crippen LogP) is 2.92. The first-order valence-electron chi connectivity index (χ1n) is 7.65. The number of benzene rings is 1. The van der Waals surface area contributed by atoms with Crippen molar-refractivity contribution in [2.75, 3.05) is 25.5 Å². The average molecular weight is 275 g/mol. The largest absolute Gasteiger partial charge is 0.378 e. The van der Waals surface area contributed by atoms with Gasteiger partial charge in [-0.15, -0.1) is 0 Å². The SMILES string of the molecule is CN(C)c1ccc(C(CN)NC2CCC(C)(C)C2)cc1. The van der Waals surface area contributed by atoms with Crippen molar-refractivity contribution in [1.29, 1.82) is 0 Å².